The van der Waals surface area contributed by atoms with E-state index in [-0.39, 0.29) is 0 Å². The first-order valence-electron chi connectivity index (χ1n) is 5.18. The molecule has 0 rings (SSSR count). The van der Waals surface area contributed by atoms with Gasteiger partial charge >= 0.3 is 0 Å². The summed E-state index contributed by atoms with van der Waals surface area (Å²) in [6.07, 6.45) is 8.15. The van der Waals surface area contributed by atoms with E-state index in [0.29, 0.717) is 0 Å². The van der Waals surface area contributed by atoms with Crippen molar-refractivity contribution in [1.29, 1.82) is 0 Å². The van der Waals surface area contributed by atoms with Crippen LogP contribution in [0.15, 0.2) is 0 Å². The van der Waals surface area contributed by atoms with Gasteiger partial charge in [-0.05, 0) is 25.9 Å². The van der Waals surface area contributed by atoms with E-state index in [1.807, 2.05) is 0 Å². The number of nitrogens with one attached hydrogen (secondary N) is 1. The number of rotatable bonds is 9. The second kappa shape index (κ2) is 11.4. The summed E-state index contributed by atoms with van der Waals surface area (Å²) in [4.78, 5) is 0. The first kappa shape index (κ1) is 12.4. The highest BCUT2D eigenvalue weighted by Gasteiger charge is 1.88. The third kappa shape index (κ3) is 10.4. The van der Waals surface area contributed by atoms with Gasteiger partial charge in [0.15, 0.2) is 0 Å². The molecule has 0 bridgehead atoms. The van der Waals surface area contributed by atoms with E-state index in [1.54, 1.807) is 0 Å². The molecule has 0 unspecified atom stereocenters. The Morgan fingerprint density at radius 3 is 2.25 bits per heavy atom. The van der Waals surface area contributed by atoms with E-state index in [0.717, 1.165) is 5.33 Å². The second-order valence-corrected chi connectivity index (χ2v) is 4.00. The summed E-state index contributed by atoms with van der Waals surface area (Å²) in [7, 11) is 0. The van der Waals surface area contributed by atoms with Gasteiger partial charge in [-0.25, -0.2) is 0 Å². The molecule has 0 spiro atoms. The highest BCUT2D eigenvalue weighted by molar-refractivity contribution is 9.09. The molecule has 1 N–H and O–H groups in total. The van der Waals surface area contributed by atoms with Crippen molar-refractivity contribution in [2.75, 3.05) is 18.4 Å². The third-order valence-electron chi connectivity index (χ3n) is 1.94. The second-order valence-electron chi connectivity index (χ2n) is 3.21. The van der Waals surface area contributed by atoms with Crippen LogP contribution in [0.2, 0.25) is 0 Å². The first-order chi connectivity index (χ1) is 5.91. The number of hydrogen-bond acceptors (Lipinski definition) is 1. The molecule has 0 amide bonds. The lowest BCUT2D eigenvalue weighted by Crippen LogP contribution is -2.16. The monoisotopic (exact) mass is 235 g/mol. The zero-order valence-corrected chi connectivity index (χ0v) is 9.83. The molecule has 12 heavy (non-hydrogen) atoms. The van der Waals surface area contributed by atoms with Crippen LogP contribution in [-0.2, 0) is 0 Å². The smallest absolute Gasteiger partial charge is 0.00433 e. The van der Waals surface area contributed by atoms with Crippen LogP contribution in [0, 0.1) is 0 Å². The number of hydrogen-bond donors (Lipinski definition) is 1. The SMILES string of the molecule is CCCCCCCNCCCBr. The lowest BCUT2D eigenvalue weighted by atomic mass is 10.1. The molecule has 0 atom stereocenters. The van der Waals surface area contributed by atoms with Gasteiger partial charge in [0.25, 0.3) is 0 Å². The molecular formula is C10H22BrN. The molecule has 0 heterocycles. The molecule has 0 aromatic carbocycles. The van der Waals surface area contributed by atoms with Crippen LogP contribution < -0.4 is 5.32 Å². The minimum atomic E-state index is 1.12. The number of halogens is 1. The Labute approximate surface area is 85.4 Å². The van der Waals surface area contributed by atoms with Gasteiger partial charge in [0, 0.05) is 5.33 Å². The van der Waals surface area contributed by atoms with Crippen molar-refractivity contribution in [3.8, 4) is 0 Å². The average Bonchev–Trinajstić information content (AvgIpc) is 2.10. The maximum atomic E-state index is 3.43. The minimum absolute atomic E-state index is 1.12. The van der Waals surface area contributed by atoms with E-state index in [2.05, 4.69) is 28.2 Å². The van der Waals surface area contributed by atoms with E-state index < -0.39 is 0 Å². The van der Waals surface area contributed by atoms with Gasteiger partial charge in [-0.15, -0.1) is 0 Å². The highest BCUT2D eigenvalue weighted by Crippen LogP contribution is 2.00. The van der Waals surface area contributed by atoms with Crippen molar-refractivity contribution in [2.24, 2.45) is 0 Å². The predicted octanol–water partition coefficient (Wildman–Crippen LogP) is 3.33. The van der Waals surface area contributed by atoms with Crippen molar-refractivity contribution < 1.29 is 0 Å². The van der Waals surface area contributed by atoms with Gasteiger partial charge in [-0.3, -0.25) is 0 Å². The Morgan fingerprint density at radius 1 is 0.917 bits per heavy atom. The summed E-state index contributed by atoms with van der Waals surface area (Å²) in [5.41, 5.74) is 0. The van der Waals surface area contributed by atoms with Gasteiger partial charge in [0.2, 0.25) is 0 Å². The molecule has 0 aliphatic carbocycles. The van der Waals surface area contributed by atoms with Gasteiger partial charge in [-0.1, -0.05) is 48.5 Å². The summed E-state index contributed by atoms with van der Waals surface area (Å²) >= 11 is 3.41. The van der Waals surface area contributed by atoms with Crippen LogP contribution in [0.5, 0.6) is 0 Å². The Morgan fingerprint density at radius 2 is 1.58 bits per heavy atom. The fourth-order valence-electron chi connectivity index (χ4n) is 1.17. The molecule has 0 aliphatic heterocycles. The molecular weight excluding hydrogens is 214 g/mol. The summed E-state index contributed by atoms with van der Waals surface area (Å²) < 4.78 is 0. The zero-order valence-electron chi connectivity index (χ0n) is 8.24. The quantitative estimate of drug-likeness (QED) is 0.478. The maximum absolute atomic E-state index is 3.43. The van der Waals surface area contributed by atoms with Crippen molar-refractivity contribution in [3.05, 3.63) is 0 Å². The largest absolute Gasteiger partial charge is 0.317 e. The summed E-state index contributed by atoms with van der Waals surface area (Å²) in [6, 6.07) is 0. The molecule has 1 nitrogen and oxygen atoms in total. The highest BCUT2D eigenvalue weighted by atomic mass is 79.9. The van der Waals surface area contributed by atoms with E-state index in [1.165, 1.54) is 51.6 Å². The van der Waals surface area contributed by atoms with Crippen LogP contribution in [0.1, 0.15) is 45.4 Å². The van der Waals surface area contributed by atoms with Gasteiger partial charge in [0.1, 0.15) is 0 Å². The van der Waals surface area contributed by atoms with Gasteiger partial charge < -0.3 is 5.32 Å². The molecule has 0 aromatic heterocycles. The molecule has 0 aromatic rings. The Bertz CT molecular complexity index is 66.2. The fraction of sp³-hybridized carbons (Fsp3) is 1.00. The summed E-state index contributed by atoms with van der Waals surface area (Å²) in [5, 5.41) is 4.55. The molecule has 2 heteroatoms. The lowest BCUT2D eigenvalue weighted by Gasteiger charge is -2.02. The summed E-state index contributed by atoms with van der Waals surface area (Å²) in [5.74, 6) is 0. The van der Waals surface area contributed by atoms with Crippen LogP contribution in [0.25, 0.3) is 0 Å². The third-order valence-corrected chi connectivity index (χ3v) is 2.51. The fourth-order valence-corrected chi connectivity index (χ4v) is 1.45. The van der Waals surface area contributed by atoms with Crippen LogP contribution in [0.3, 0.4) is 0 Å². The van der Waals surface area contributed by atoms with Crippen LogP contribution in [-0.4, -0.2) is 18.4 Å². The van der Waals surface area contributed by atoms with E-state index in [4.69, 9.17) is 0 Å². The maximum Gasteiger partial charge on any atom is 0.00433 e. The molecule has 0 aliphatic rings. The minimum Gasteiger partial charge on any atom is -0.317 e. The zero-order chi connectivity index (χ0) is 9.07. The van der Waals surface area contributed by atoms with Gasteiger partial charge in [-0.2, -0.15) is 0 Å². The van der Waals surface area contributed by atoms with Crippen LogP contribution in [0.4, 0.5) is 0 Å². The lowest BCUT2D eigenvalue weighted by molar-refractivity contribution is 0.582. The predicted molar refractivity (Wildman–Crippen MR) is 60.0 cm³/mol. The Hall–Kier alpha value is 0.440. The van der Waals surface area contributed by atoms with Crippen molar-refractivity contribution in [2.45, 2.75) is 45.4 Å². The normalized spacial score (nSPS) is 10.5. The number of alkyl halides is 1. The van der Waals surface area contributed by atoms with Crippen molar-refractivity contribution in [1.82, 2.24) is 5.32 Å². The molecule has 0 fully saturated rings. The number of unbranched alkanes of at least 4 members (excludes halogenated alkanes) is 4. The molecule has 0 saturated carbocycles. The van der Waals surface area contributed by atoms with E-state index in [9.17, 15) is 0 Å². The first-order valence-corrected chi connectivity index (χ1v) is 6.30. The molecule has 0 saturated heterocycles. The molecule has 74 valence electrons. The van der Waals surface area contributed by atoms with Crippen LogP contribution >= 0.6 is 15.9 Å². The summed E-state index contributed by atoms with van der Waals surface area (Å²) in [6.45, 7) is 4.63. The molecule has 0 radical (unpaired) electrons. The van der Waals surface area contributed by atoms with Crippen molar-refractivity contribution in [3.63, 3.8) is 0 Å². The standard InChI is InChI=1S/C10H22BrN/c1-2-3-4-5-6-9-12-10-7-8-11/h12H,2-10H2,1H3. The van der Waals surface area contributed by atoms with E-state index >= 15 is 0 Å². The van der Waals surface area contributed by atoms with Crippen molar-refractivity contribution >= 4 is 15.9 Å². The Kier molecular flexibility index (Phi) is 11.9. The van der Waals surface area contributed by atoms with Gasteiger partial charge in [0.05, 0.1) is 0 Å². The Balaban J connectivity index is 2.73. The average molecular weight is 236 g/mol. The topological polar surface area (TPSA) is 12.0 Å².